The van der Waals surface area contributed by atoms with Crippen molar-refractivity contribution in [1.82, 2.24) is 20.2 Å². The zero-order valence-electron chi connectivity index (χ0n) is 12.7. The Morgan fingerprint density at radius 1 is 1.45 bits per heavy atom. The quantitative estimate of drug-likeness (QED) is 0.759. The van der Waals surface area contributed by atoms with Crippen LogP contribution in [0.4, 0.5) is 4.79 Å². The van der Waals surface area contributed by atoms with Crippen LogP contribution in [0.3, 0.4) is 0 Å². The topological polar surface area (TPSA) is 98.3 Å². The molecule has 0 radical (unpaired) electrons. The van der Waals surface area contributed by atoms with Gasteiger partial charge < -0.3 is 20.3 Å². The number of carboxylic acid groups (broad SMARTS) is 1. The van der Waals surface area contributed by atoms with Gasteiger partial charge in [-0.3, -0.25) is 4.79 Å². The van der Waals surface area contributed by atoms with Gasteiger partial charge in [0.1, 0.15) is 0 Å². The Hall–Kier alpha value is -2.05. The molecule has 3 atom stereocenters. The van der Waals surface area contributed by atoms with Crippen LogP contribution in [-0.2, 0) is 17.6 Å². The van der Waals surface area contributed by atoms with Crippen molar-refractivity contribution in [3.8, 4) is 0 Å². The Morgan fingerprint density at radius 2 is 2.27 bits per heavy atom. The molecule has 0 spiro atoms. The Kier molecular flexibility index (Phi) is 4.04. The van der Waals surface area contributed by atoms with Crippen molar-refractivity contribution in [2.24, 2.45) is 11.8 Å². The molecule has 2 amide bonds. The first-order valence-electron chi connectivity index (χ1n) is 7.82. The van der Waals surface area contributed by atoms with Gasteiger partial charge in [0.15, 0.2) is 0 Å². The average molecular weight is 306 g/mol. The van der Waals surface area contributed by atoms with E-state index in [1.165, 1.54) is 0 Å². The van der Waals surface area contributed by atoms with E-state index < -0.39 is 11.9 Å². The number of nitrogens with one attached hydrogen (secondary N) is 2. The predicted molar refractivity (Wildman–Crippen MR) is 79.4 cm³/mol. The normalized spacial score (nSPS) is 28.0. The number of carbonyl (C=O) groups excluding carboxylic acids is 1. The summed E-state index contributed by atoms with van der Waals surface area (Å²) in [5.74, 6) is -1.06. The molecule has 1 fully saturated rings. The zero-order valence-corrected chi connectivity index (χ0v) is 12.7. The number of rotatable bonds is 2. The Labute approximate surface area is 129 Å². The fraction of sp³-hybridized carbons (Fsp3) is 0.667. The van der Waals surface area contributed by atoms with Crippen molar-refractivity contribution in [1.29, 1.82) is 0 Å². The molecule has 120 valence electrons. The maximum atomic E-state index is 12.4. The minimum atomic E-state index is -0.816. The van der Waals surface area contributed by atoms with Crippen molar-refractivity contribution in [3.05, 3.63) is 17.7 Å². The third-order valence-electron chi connectivity index (χ3n) is 4.61. The summed E-state index contributed by atoms with van der Waals surface area (Å²) in [6, 6.07) is -0.0632. The zero-order chi connectivity index (χ0) is 15.7. The third kappa shape index (κ3) is 3.08. The molecule has 1 saturated heterocycles. The number of fused-ring (bicyclic) bond motifs is 1. The number of hydrogen-bond donors (Lipinski definition) is 3. The lowest BCUT2D eigenvalue weighted by atomic mass is 9.90. The number of aryl methyl sites for hydroxylation is 1. The van der Waals surface area contributed by atoms with Crippen LogP contribution in [0.15, 0.2) is 6.33 Å². The summed E-state index contributed by atoms with van der Waals surface area (Å²) in [5.41, 5.74) is 2.18. The smallest absolute Gasteiger partial charge is 0.317 e. The second kappa shape index (κ2) is 5.98. The summed E-state index contributed by atoms with van der Waals surface area (Å²) in [4.78, 5) is 32.6. The lowest BCUT2D eigenvalue weighted by Crippen LogP contribution is -2.52. The van der Waals surface area contributed by atoms with E-state index in [1.807, 2.05) is 6.92 Å². The largest absolute Gasteiger partial charge is 0.481 e. The monoisotopic (exact) mass is 306 g/mol. The maximum Gasteiger partial charge on any atom is 0.317 e. The number of aromatic nitrogens is 2. The lowest BCUT2D eigenvalue weighted by molar-refractivity contribution is -0.143. The number of aliphatic carboxylic acids is 1. The number of amides is 2. The van der Waals surface area contributed by atoms with E-state index >= 15 is 0 Å². The van der Waals surface area contributed by atoms with Gasteiger partial charge in [-0.1, -0.05) is 6.92 Å². The molecule has 0 saturated carbocycles. The first-order valence-corrected chi connectivity index (χ1v) is 7.82. The molecule has 3 unspecified atom stereocenters. The number of likely N-dealkylation sites (tertiary alicyclic amines) is 1. The van der Waals surface area contributed by atoms with E-state index in [0.29, 0.717) is 19.5 Å². The molecule has 3 rings (SSSR count). The molecule has 0 aromatic carbocycles. The minimum absolute atomic E-state index is 0.0842. The number of H-pyrrole nitrogens is 1. The number of carbonyl (C=O) groups is 2. The summed E-state index contributed by atoms with van der Waals surface area (Å²) in [6.07, 6.45) is 4.82. The van der Waals surface area contributed by atoms with E-state index in [-0.39, 0.29) is 18.0 Å². The van der Waals surface area contributed by atoms with Crippen molar-refractivity contribution in [3.63, 3.8) is 0 Å². The summed E-state index contributed by atoms with van der Waals surface area (Å²) >= 11 is 0. The van der Waals surface area contributed by atoms with Crippen molar-refractivity contribution >= 4 is 12.0 Å². The standard InChI is InChI=1S/C15H22N4O3/c1-9-4-10(14(20)21)7-19(6-9)15(22)18-11-2-3-12-13(5-11)17-8-16-12/h8-11H,2-7H2,1H3,(H,16,17)(H,18,22)(H,20,21). The number of aromatic amines is 1. The molecular weight excluding hydrogens is 284 g/mol. The van der Waals surface area contributed by atoms with Crippen molar-refractivity contribution in [2.45, 2.75) is 38.6 Å². The molecule has 0 bridgehead atoms. The van der Waals surface area contributed by atoms with Gasteiger partial charge in [-0.15, -0.1) is 0 Å². The highest BCUT2D eigenvalue weighted by Gasteiger charge is 2.33. The van der Waals surface area contributed by atoms with Crippen molar-refractivity contribution in [2.75, 3.05) is 13.1 Å². The number of piperidine rings is 1. The summed E-state index contributed by atoms with van der Waals surface area (Å²) in [5, 5.41) is 12.2. The van der Waals surface area contributed by atoms with Crippen LogP contribution in [0.1, 0.15) is 31.2 Å². The van der Waals surface area contributed by atoms with Crippen LogP contribution < -0.4 is 5.32 Å². The lowest BCUT2D eigenvalue weighted by Gasteiger charge is -2.36. The van der Waals surface area contributed by atoms with Crippen LogP contribution in [-0.4, -0.2) is 51.1 Å². The molecular formula is C15H22N4O3. The van der Waals surface area contributed by atoms with E-state index in [0.717, 1.165) is 30.7 Å². The van der Waals surface area contributed by atoms with Crippen LogP contribution in [0.2, 0.25) is 0 Å². The highest BCUT2D eigenvalue weighted by molar-refractivity contribution is 5.77. The van der Waals surface area contributed by atoms with Gasteiger partial charge in [-0.2, -0.15) is 0 Å². The van der Waals surface area contributed by atoms with Crippen molar-refractivity contribution < 1.29 is 14.7 Å². The Bertz CT molecular complexity index is 571. The molecule has 1 aromatic rings. The number of hydrogen-bond acceptors (Lipinski definition) is 3. The Morgan fingerprint density at radius 3 is 3.05 bits per heavy atom. The fourth-order valence-corrected chi connectivity index (χ4v) is 3.49. The molecule has 1 aromatic heterocycles. The van der Waals surface area contributed by atoms with Gasteiger partial charge in [-0.05, 0) is 25.2 Å². The summed E-state index contributed by atoms with van der Waals surface area (Å²) in [7, 11) is 0. The van der Waals surface area contributed by atoms with Gasteiger partial charge in [0.2, 0.25) is 0 Å². The summed E-state index contributed by atoms with van der Waals surface area (Å²) < 4.78 is 0. The highest BCUT2D eigenvalue weighted by Crippen LogP contribution is 2.23. The van der Waals surface area contributed by atoms with Gasteiger partial charge in [0, 0.05) is 31.2 Å². The summed E-state index contributed by atoms with van der Waals surface area (Å²) in [6.45, 7) is 2.91. The molecule has 22 heavy (non-hydrogen) atoms. The number of carboxylic acids is 1. The number of imidazole rings is 1. The third-order valence-corrected chi connectivity index (χ3v) is 4.61. The highest BCUT2D eigenvalue weighted by atomic mass is 16.4. The number of nitrogens with zero attached hydrogens (tertiary/aromatic N) is 2. The number of urea groups is 1. The van der Waals surface area contributed by atoms with E-state index in [2.05, 4.69) is 15.3 Å². The van der Waals surface area contributed by atoms with E-state index in [1.54, 1.807) is 11.2 Å². The SMILES string of the molecule is CC1CC(C(=O)O)CN(C(=O)NC2CCc3nc[nH]c3C2)C1. The average Bonchev–Trinajstić information content (AvgIpc) is 2.94. The van der Waals surface area contributed by atoms with Crippen LogP contribution in [0.25, 0.3) is 0 Å². The molecule has 7 nitrogen and oxygen atoms in total. The molecule has 1 aliphatic heterocycles. The van der Waals surface area contributed by atoms with Gasteiger partial charge >= 0.3 is 12.0 Å². The van der Waals surface area contributed by atoms with Crippen LogP contribution in [0, 0.1) is 11.8 Å². The minimum Gasteiger partial charge on any atom is -0.481 e. The van der Waals surface area contributed by atoms with Gasteiger partial charge in [0.05, 0.1) is 17.9 Å². The van der Waals surface area contributed by atoms with E-state index in [4.69, 9.17) is 0 Å². The molecule has 3 N–H and O–H groups in total. The predicted octanol–water partition coefficient (Wildman–Crippen LogP) is 1.02. The fourth-order valence-electron chi connectivity index (χ4n) is 3.49. The van der Waals surface area contributed by atoms with E-state index in [9.17, 15) is 14.7 Å². The second-order valence-electron chi connectivity index (χ2n) is 6.50. The molecule has 2 heterocycles. The molecule has 2 aliphatic rings. The maximum absolute atomic E-state index is 12.4. The van der Waals surface area contributed by atoms with Crippen LogP contribution >= 0.6 is 0 Å². The molecule has 7 heteroatoms. The Balaban J connectivity index is 1.59. The molecule has 1 aliphatic carbocycles. The van der Waals surface area contributed by atoms with Gasteiger partial charge in [0.25, 0.3) is 0 Å². The van der Waals surface area contributed by atoms with Crippen LogP contribution in [0.5, 0.6) is 0 Å². The first-order chi connectivity index (χ1) is 10.5. The van der Waals surface area contributed by atoms with Gasteiger partial charge in [-0.25, -0.2) is 9.78 Å². The second-order valence-corrected chi connectivity index (χ2v) is 6.50. The first kappa shape index (κ1) is 14.9.